The average Bonchev–Trinajstić information content (AvgIpc) is 2.32. The molecule has 0 heterocycles. The van der Waals surface area contributed by atoms with E-state index in [1.807, 2.05) is 36.4 Å². The van der Waals surface area contributed by atoms with Gasteiger partial charge in [-0.25, -0.2) is 0 Å². The summed E-state index contributed by atoms with van der Waals surface area (Å²) in [5, 5.41) is 12.7. The van der Waals surface area contributed by atoms with Gasteiger partial charge in [-0.3, -0.25) is 0 Å². The number of nitrogens with zero attached hydrogens (tertiary/aromatic N) is 1. The van der Waals surface area contributed by atoms with Crippen molar-refractivity contribution in [2.24, 2.45) is 0 Å². The quantitative estimate of drug-likeness (QED) is 0.871. The normalized spacial score (nSPS) is 9.71. The van der Waals surface area contributed by atoms with E-state index >= 15 is 0 Å². The molecule has 4 heteroatoms. The van der Waals surface area contributed by atoms with Crippen LogP contribution in [0.3, 0.4) is 0 Å². The first-order chi connectivity index (χ1) is 8.20. The van der Waals surface area contributed by atoms with Crippen molar-refractivity contribution in [2.45, 2.75) is 0 Å². The SMILES string of the molecule is N#Cc1ccc(Nc2ccccc2Cl)cc1Br. The zero-order valence-electron chi connectivity index (χ0n) is 8.74. The van der Waals surface area contributed by atoms with Crippen LogP contribution in [0.5, 0.6) is 0 Å². The molecule has 0 spiro atoms. The van der Waals surface area contributed by atoms with Crippen LogP contribution in [0.2, 0.25) is 5.02 Å². The number of para-hydroxylation sites is 1. The van der Waals surface area contributed by atoms with Gasteiger partial charge in [0.15, 0.2) is 0 Å². The first-order valence-electron chi connectivity index (χ1n) is 4.92. The van der Waals surface area contributed by atoms with E-state index in [4.69, 9.17) is 16.9 Å². The highest BCUT2D eigenvalue weighted by atomic mass is 79.9. The molecule has 17 heavy (non-hydrogen) atoms. The van der Waals surface area contributed by atoms with Crippen molar-refractivity contribution in [1.29, 1.82) is 5.26 Å². The lowest BCUT2D eigenvalue weighted by atomic mass is 10.2. The highest BCUT2D eigenvalue weighted by Crippen LogP contribution is 2.27. The maximum Gasteiger partial charge on any atom is 0.100 e. The Morgan fingerprint density at radius 2 is 1.94 bits per heavy atom. The number of rotatable bonds is 2. The minimum Gasteiger partial charge on any atom is -0.354 e. The molecule has 84 valence electrons. The fourth-order valence-electron chi connectivity index (χ4n) is 1.40. The maximum atomic E-state index is 8.82. The standard InChI is InChI=1S/C13H8BrClN2/c14-11-7-10(6-5-9(11)8-16)17-13-4-2-1-3-12(13)15/h1-7,17H. The Labute approximate surface area is 113 Å². The Morgan fingerprint density at radius 1 is 1.18 bits per heavy atom. The third-order valence-electron chi connectivity index (χ3n) is 2.24. The zero-order chi connectivity index (χ0) is 12.3. The number of hydrogen-bond acceptors (Lipinski definition) is 2. The molecule has 0 amide bonds. The van der Waals surface area contributed by atoms with Crippen molar-refractivity contribution in [3.05, 3.63) is 57.5 Å². The Hall–Kier alpha value is -1.50. The number of hydrogen-bond donors (Lipinski definition) is 1. The molecule has 0 aliphatic heterocycles. The summed E-state index contributed by atoms with van der Waals surface area (Å²) in [6.45, 7) is 0. The van der Waals surface area contributed by atoms with Crippen LogP contribution < -0.4 is 5.32 Å². The lowest BCUT2D eigenvalue weighted by Crippen LogP contribution is -1.91. The molecule has 0 aliphatic rings. The fourth-order valence-corrected chi connectivity index (χ4v) is 2.05. The second-order valence-electron chi connectivity index (χ2n) is 3.41. The number of nitrogens with one attached hydrogen (secondary N) is 1. The Balaban J connectivity index is 2.29. The number of nitriles is 1. The Bertz CT molecular complexity index is 590. The molecule has 1 N–H and O–H groups in total. The second kappa shape index (κ2) is 5.22. The summed E-state index contributed by atoms with van der Waals surface area (Å²) in [5.74, 6) is 0. The van der Waals surface area contributed by atoms with E-state index in [0.717, 1.165) is 15.8 Å². The summed E-state index contributed by atoms with van der Waals surface area (Å²) >= 11 is 9.39. The van der Waals surface area contributed by atoms with Crippen molar-refractivity contribution >= 4 is 38.9 Å². The zero-order valence-corrected chi connectivity index (χ0v) is 11.1. The molecule has 0 bridgehead atoms. The third-order valence-corrected chi connectivity index (χ3v) is 3.23. The molecule has 2 nitrogen and oxygen atoms in total. The van der Waals surface area contributed by atoms with Crippen molar-refractivity contribution in [3.63, 3.8) is 0 Å². The largest absolute Gasteiger partial charge is 0.354 e. The van der Waals surface area contributed by atoms with Gasteiger partial charge in [0.2, 0.25) is 0 Å². The lowest BCUT2D eigenvalue weighted by Gasteiger charge is -2.08. The molecule has 0 saturated heterocycles. The molecule has 0 radical (unpaired) electrons. The number of halogens is 2. The molecule has 0 fully saturated rings. The molecule has 0 aromatic heterocycles. The van der Waals surface area contributed by atoms with Crippen molar-refractivity contribution in [3.8, 4) is 6.07 Å². The first-order valence-corrected chi connectivity index (χ1v) is 6.09. The van der Waals surface area contributed by atoms with Crippen LogP contribution in [0.4, 0.5) is 11.4 Å². The van der Waals surface area contributed by atoms with Gasteiger partial charge < -0.3 is 5.32 Å². The summed E-state index contributed by atoms with van der Waals surface area (Å²) in [7, 11) is 0. The van der Waals surface area contributed by atoms with E-state index in [-0.39, 0.29) is 0 Å². The van der Waals surface area contributed by atoms with E-state index in [1.165, 1.54) is 0 Å². The van der Waals surface area contributed by atoms with Gasteiger partial charge in [-0.05, 0) is 46.3 Å². The molecule has 0 unspecified atom stereocenters. The average molecular weight is 308 g/mol. The molecule has 2 rings (SSSR count). The fraction of sp³-hybridized carbons (Fsp3) is 0. The van der Waals surface area contributed by atoms with Gasteiger partial charge in [0, 0.05) is 10.2 Å². The molecule has 2 aromatic rings. The Morgan fingerprint density at radius 3 is 2.59 bits per heavy atom. The highest BCUT2D eigenvalue weighted by Gasteiger charge is 2.02. The predicted octanol–water partition coefficient (Wildman–Crippen LogP) is 4.72. The van der Waals surface area contributed by atoms with Crippen LogP contribution >= 0.6 is 27.5 Å². The number of anilines is 2. The van der Waals surface area contributed by atoms with Crippen LogP contribution in [0.25, 0.3) is 0 Å². The monoisotopic (exact) mass is 306 g/mol. The predicted molar refractivity (Wildman–Crippen MR) is 73.6 cm³/mol. The van der Waals surface area contributed by atoms with Gasteiger partial charge in [-0.1, -0.05) is 23.7 Å². The first kappa shape index (κ1) is 12.0. The molecular formula is C13H8BrClN2. The summed E-state index contributed by atoms with van der Waals surface area (Å²) < 4.78 is 0.761. The molecule has 0 aliphatic carbocycles. The van der Waals surface area contributed by atoms with Crippen LogP contribution in [0, 0.1) is 11.3 Å². The summed E-state index contributed by atoms with van der Waals surface area (Å²) in [4.78, 5) is 0. The van der Waals surface area contributed by atoms with E-state index < -0.39 is 0 Å². The molecule has 0 saturated carbocycles. The highest BCUT2D eigenvalue weighted by molar-refractivity contribution is 9.10. The second-order valence-corrected chi connectivity index (χ2v) is 4.67. The smallest absolute Gasteiger partial charge is 0.100 e. The van der Waals surface area contributed by atoms with Gasteiger partial charge in [-0.2, -0.15) is 5.26 Å². The lowest BCUT2D eigenvalue weighted by molar-refractivity contribution is 1.45. The molecule has 2 aromatic carbocycles. The summed E-state index contributed by atoms with van der Waals surface area (Å²) in [6, 6.07) is 15.0. The van der Waals surface area contributed by atoms with Gasteiger partial charge >= 0.3 is 0 Å². The van der Waals surface area contributed by atoms with E-state index in [0.29, 0.717) is 10.6 Å². The van der Waals surface area contributed by atoms with E-state index in [9.17, 15) is 0 Å². The van der Waals surface area contributed by atoms with Gasteiger partial charge in [0.05, 0.1) is 16.3 Å². The van der Waals surface area contributed by atoms with Crippen LogP contribution in [-0.2, 0) is 0 Å². The van der Waals surface area contributed by atoms with Crippen molar-refractivity contribution in [2.75, 3.05) is 5.32 Å². The number of benzene rings is 2. The van der Waals surface area contributed by atoms with Gasteiger partial charge in [-0.15, -0.1) is 0 Å². The summed E-state index contributed by atoms with van der Waals surface area (Å²) in [5.41, 5.74) is 2.32. The van der Waals surface area contributed by atoms with Gasteiger partial charge in [0.25, 0.3) is 0 Å². The maximum absolute atomic E-state index is 8.82. The minimum atomic E-state index is 0.606. The van der Waals surface area contributed by atoms with Crippen LogP contribution in [-0.4, -0.2) is 0 Å². The van der Waals surface area contributed by atoms with Crippen LogP contribution in [0.1, 0.15) is 5.56 Å². The molecular weight excluding hydrogens is 300 g/mol. The summed E-state index contributed by atoms with van der Waals surface area (Å²) in [6.07, 6.45) is 0. The molecule has 0 atom stereocenters. The Kier molecular flexibility index (Phi) is 3.68. The van der Waals surface area contributed by atoms with Crippen molar-refractivity contribution in [1.82, 2.24) is 0 Å². The van der Waals surface area contributed by atoms with Crippen LogP contribution in [0.15, 0.2) is 46.9 Å². The van der Waals surface area contributed by atoms with Crippen molar-refractivity contribution < 1.29 is 0 Å². The van der Waals surface area contributed by atoms with Gasteiger partial charge in [0.1, 0.15) is 6.07 Å². The van der Waals surface area contributed by atoms with E-state index in [2.05, 4.69) is 27.3 Å². The topological polar surface area (TPSA) is 35.8 Å². The van der Waals surface area contributed by atoms with E-state index in [1.54, 1.807) is 6.07 Å². The third kappa shape index (κ3) is 2.79. The minimum absolute atomic E-state index is 0.606.